The summed E-state index contributed by atoms with van der Waals surface area (Å²) in [6, 6.07) is 1.46. The van der Waals surface area contributed by atoms with Crippen molar-refractivity contribution in [3.63, 3.8) is 0 Å². The van der Waals surface area contributed by atoms with Crippen molar-refractivity contribution in [2.24, 2.45) is 0 Å². The number of likely N-dealkylation sites (tertiary alicyclic amines) is 1. The largest absolute Gasteiger partial charge is 0.377 e. The molecule has 1 saturated carbocycles. The highest BCUT2D eigenvalue weighted by molar-refractivity contribution is 4.90. The van der Waals surface area contributed by atoms with Crippen molar-refractivity contribution in [2.45, 2.75) is 77.0 Å². The summed E-state index contributed by atoms with van der Waals surface area (Å²) in [7, 11) is 0. The van der Waals surface area contributed by atoms with Gasteiger partial charge in [-0.2, -0.15) is 0 Å². The van der Waals surface area contributed by atoms with Gasteiger partial charge < -0.3 is 10.1 Å². The van der Waals surface area contributed by atoms with Gasteiger partial charge >= 0.3 is 0 Å². The predicted octanol–water partition coefficient (Wildman–Crippen LogP) is 2.80. The van der Waals surface area contributed by atoms with E-state index in [1.54, 1.807) is 0 Å². The predicted molar refractivity (Wildman–Crippen MR) is 80.6 cm³/mol. The standard InChI is InChI=1S/C16H32N2O/c1-3-12-19-14-8-7-11-18(13-14)16-10-6-5-9-15(16)17-4-2/h14-17H,3-13H2,1-2H3. The minimum atomic E-state index is 0.484. The van der Waals surface area contributed by atoms with Crippen molar-refractivity contribution in [1.29, 1.82) is 0 Å². The lowest BCUT2D eigenvalue weighted by atomic mass is 9.88. The average Bonchev–Trinajstić information content (AvgIpc) is 2.46. The van der Waals surface area contributed by atoms with E-state index < -0.39 is 0 Å². The topological polar surface area (TPSA) is 24.5 Å². The van der Waals surface area contributed by atoms with Gasteiger partial charge in [0, 0.05) is 25.2 Å². The fraction of sp³-hybridized carbons (Fsp3) is 1.00. The van der Waals surface area contributed by atoms with Crippen LogP contribution in [0.5, 0.6) is 0 Å². The van der Waals surface area contributed by atoms with Crippen LogP contribution in [0.25, 0.3) is 0 Å². The van der Waals surface area contributed by atoms with Gasteiger partial charge in [-0.05, 0) is 45.2 Å². The van der Waals surface area contributed by atoms with Crippen molar-refractivity contribution < 1.29 is 4.74 Å². The van der Waals surface area contributed by atoms with E-state index in [0.29, 0.717) is 12.1 Å². The summed E-state index contributed by atoms with van der Waals surface area (Å²) < 4.78 is 5.99. The minimum absolute atomic E-state index is 0.484. The number of likely N-dealkylation sites (N-methyl/N-ethyl adjacent to an activating group) is 1. The van der Waals surface area contributed by atoms with Crippen molar-refractivity contribution in [3.05, 3.63) is 0 Å². The Balaban J connectivity index is 1.87. The Bertz CT molecular complexity index is 245. The zero-order chi connectivity index (χ0) is 13.5. The van der Waals surface area contributed by atoms with E-state index in [1.807, 2.05) is 0 Å². The molecule has 3 nitrogen and oxygen atoms in total. The Labute approximate surface area is 119 Å². The van der Waals surface area contributed by atoms with Crippen molar-refractivity contribution in [1.82, 2.24) is 10.2 Å². The first kappa shape index (κ1) is 15.3. The molecule has 3 atom stereocenters. The second-order valence-electron chi connectivity index (χ2n) is 6.15. The van der Waals surface area contributed by atoms with Gasteiger partial charge in [0.2, 0.25) is 0 Å². The molecule has 0 radical (unpaired) electrons. The third-order valence-corrected chi connectivity index (χ3v) is 4.63. The number of rotatable bonds is 6. The molecule has 0 aromatic heterocycles. The van der Waals surface area contributed by atoms with Crippen molar-refractivity contribution >= 4 is 0 Å². The lowest BCUT2D eigenvalue weighted by molar-refractivity contribution is -0.0224. The van der Waals surface area contributed by atoms with E-state index >= 15 is 0 Å². The second-order valence-corrected chi connectivity index (χ2v) is 6.15. The van der Waals surface area contributed by atoms with Crippen LogP contribution < -0.4 is 5.32 Å². The molecule has 0 aromatic carbocycles. The molecular weight excluding hydrogens is 236 g/mol. The molecule has 3 unspecified atom stereocenters. The third kappa shape index (κ3) is 4.44. The molecule has 1 aliphatic carbocycles. The van der Waals surface area contributed by atoms with E-state index in [-0.39, 0.29) is 0 Å². The summed E-state index contributed by atoms with van der Waals surface area (Å²) in [6.45, 7) is 8.90. The van der Waals surface area contributed by atoms with E-state index in [4.69, 9.17) is 4.74 Å². The number of piperidine rings is 1. The normalized spacial score (nSPS) is 33.5. The van der Waals surface area contributed by atoms with Crippen LogP contribution in [0.3, 0.4) is 0 Å². The average molecular weight is 268 g/mol. The fourth-order valence-electron chi connectivity index (χ4n) is 3.74. The first-order valence-electron chi connectivity index (χ1n) is 8.44. The maximum Gasteiger partial charge on any atom is 0.0702 e. The van der Waals surface area contributed by atoms with Crippen LogP contribution in [-0.2, 0) is 4.74 Å². The highest BCUT2D eigenvalue weighted by Gasteiger charge is 2.32. The zero-order valence-electron chi connectivity index (χ0n) is 12.9. The monoisotopic (exact) mass is 268 g/mol. The van der Waals surface area contributed by atoms with E-state index in [9.17, 15) is 0 Å². The molecule has 19 heavy (non-hydrogen) atoms. The smallest absolute Gasteiger partial charge is 0.0702 e. The number of hydrogen-bond donors (Lipinski definition) is 1. The van der Waals surface area contributed by atoms with Crippen LogP contribution in [-0.4, -0.2) is 49.3 Å². The fourth-order valence-corrected chi connectivity index (χ4v) is 3.74. The molecule has 3 heteroatoms. The molecule has 112 valence electrons. The van der Waals surface area contributed by atoms with Gasteiger partial charge in [-0.25, -0.2) is 0 Å². The van der Waals surface area contributed by atoms with Gasteiger partial charge in [-0.15, -0.1) is 0 Å². The molecule has 1 aliphatic heterocycles. The van der Waals surface area contributed by atoms with Crippen LogP contribution in [0.15, 0.2) is 0 Å². The van der Waals surface area contributed by atoms with Gasteiger partial charge in [0.1, 0.15) is 0 Å². The van der Waals surface area contributed by atoms with E-state index in [0.717, 1.165) is 32.2 Å². The maximum atomic E-state index is 5.99. The van der Waals surface area contributed by atoms with Crippen LogP contribution in [0.4, 0.5) is 0 Å². The summed E-state index contributed by atoms with van der Waals surface area (Å²) in [5.41, 5.74) is 0. The molecule has 1 saturated heterocycles. The number of hydrogen-bond acceptors (Lipinski definition) is 3. The Morgan fingerprint density at radius 1 is 1.11 bits per heavy atom. The summed E-state index contributed by atoms with van der Waals surface area (Å²) in [5.74, 6) is 0. The van der Waals surface area contributed by atoms with Crippen LogP contribution in [0.1, 0.15) is 58.8 Å². The molecule has 1 heterocycles. The van der Waals surface area contributed by atoms with Gasteiger partial charge in [-0.3, -0.25) is 4.90 Å². The molecule has 0 amide bonds. The van der Waals surface area contributed by atoms with E-state index in [1.165, 1.54) is 45.1 Å². The Morgan fingerprint density at radius 3 is 2.74 bits per heavy atom. The molecule has 0 spiro atoms. The first-order valence-corrected chi connectivity index (χ1v) is 8.44. The summed E-state index contributed by atoms with van der Waals surface area (Å²) in [6.07, 6.45) is 9.73. The second kappa shape index (κ2) is 8.23. The van der Waals surface area contributed by atoms with Crippen molar-refractivity contribution in [3.8, 4) is 0 Å². The Morgan fingerprint density at radius 2 is 1.95 bits per heavy atom. The third-order valence-electron chi connectivity index (χ3n) is 4.63. The molecule has 0 bridgehead atoms. The van der Waals surface area contributed by atoms with Crippen LogP contribution in [0.2, 0.25) is 0 Å². The molecule has 2 fully saturated rings. The molecule has 2 aliphatic rings. The van der Waals surface area contributed by atoms with Gasteiger partial charge in [0.15, 0.2) is 0 Å². The quantitative estimate of drug-likeness (QED) is 0.801. The minimum Gasteiger partial charge on any atom is -0.377 e. The van der Waals surface area contributed by atoms with Crippen LogP contribution in [0, 0.1) is 0 Å². The SMILES string of the molecule is CCCOC1CCCN(C2CCCCC2NCC)C1. The molecule has 0 aromatic rings. The summed E-state index contributed by atoms with van der Waals surface area (Å²) in [4.78, 5) is 2.72. The molecule has 2 rings (SSSR count). The van der Waals surface area contributed by atoms with Gasteiger partial charge in [0.25, 0.3) is 0 Å². The number of nitrogens with zero attached hydrogens (tertiary/aromatic N) is 1. The first-order chi connectivity index (χ1) is 9.35. The number of nitrogens with one attached hydrogen (secondary N) is 1. The number of ether oxygens (including phenoxy) is 1. The zero-order valence-corrected chi connectivity index (χ0v) is 12.9. The van der Waals surface area contributed by atoms with Crippen molar-refractivity contribution in [2.75, 3.05) is 26.2 Å². The summed E-state index contributed by atoms with van der Waals surface area (Å²) in [5, 5.41) is 3.71. The highest BCUT2D eigenvalue weighted by atomic mass is 16.5. The lowest BCUT2D eigenvalue weighted by Crippen LogP contribution is -2.55. The lowest BCUT2D eigenvalue weighted by Gasteiger charge is -2.44. The maximum absolute atomic E-state index is 5.99. The van der Waals surface area contributed by atoms with Crippen LogP contribution >= 0.6 is 0 Å². The molecular formula is C16H32N2O. The highest BCUT2D eigenvalue weighted by Crippen LogP contribution is 2.26. The molecule has 1 N–H and O–H groups in total. The van der Waals surface area contributed by atoms with E-state index in [2.05, 4.69) is 24.1 Å². The van der Waals surface area contributed by atoms with Gasteiger partial charge in [0.05, 0.1) is 6.10 Å². The summed E-state index contributed by atoms with van der Waals surface area (Å²) >= 11 is 0. The van der Waals surface area contributed by atoms with Gasteiger partial charge in [-0.1, -0.05) is 26.7 Å². The Kier molecular flexibility index (Phi) is 6.62. The Hall–Kier alpha value is -0.120.